The second-order valence-electron chi connectivity index (χ2n) is 8.52. The van der Waals surface area contributed by atoms with E-state index in [1.165, 1.54) is 0 Å². The number of hydrogen-bond donors (Lipinski definition) is 0. The third-order valence-corrected chi connectivity index (χ3v) is 6.61. The van der Waals surface area contributed by atoms with E-state index < -0.39 is 5.41 Å². The number of aryl methyl sites for hydroxylation is 1. The van der Waals surface area contributed by atoms with Gasteiger partial charge >= 0.3 is 13.1 Å². The van der Waals surface area contributed by atoms with Crippen molar-refractivity contribution in [3.8, 4) is 5.88 Å². The van der Waals surface area contributed by atoms with E-state index >= 15 is 0 Å². The fourth-order valence-electron chi connectivity index (χ4n) is 3.34. The van der Waals surface area contributed by atoms with Crippen LogP contribution in [-0.4, -0.2) is 46.3 Å². The van der Waals surface area contributed by atoms with Gasteiger partial charge in [-0.05, 0) is 66.3 Å². The Morgan fingerprint density at radius 3 is 2.43 bits per heavy atom. The highest BCUT2D eigenvalue weighted by Gasteiger charge is 2.53. The van der Waals surface area contributed by atoms with E-state index in [1.54, 1.807) is 0 Å². The van der Waals surface area contributed by atoms with Crippen LogP contribution in [0.3, 0.4) is 0 Å². The average molecular weight is 408 g/mol. The Labute approximate surface area is 171 Å². The molecule has 1 unspecified atom stereocenters. The Morgan fingerprint density at radius 2 is 1.93 bits per heavy atom. The van der Waals surface area contributed by atoms with Gasteiger partial charge in [0.25, 0.3) is 0 Å². The molecular weight excluding hydrogens is 379 g/mol. The van der Waals surface area contributed by atoms with Crippen LogP contribution in [0, 0.1) is 12.3 Å². The Balaban J connectivity index is 1.75. The van der Waals surface area contributed by atoms with Crippen molar-refractivity contribution in [3.63, 3.8) is 0 Å². The second-order valence-corrected chi connectivity index (χ2v) is 9.04. The average Bonchev–Trinajstić information content (AvgIpc) is 3.13. The number of aromatic nitrogens is 2. The van der Waals surface area contributed by atoms with Crippen molar-refractivity contribution in [2.24, 2.45) is 5.41 Å². The third-order valence-electron chi connectivity index (χ3n) is 6.01. The van der Waals surface area contributed by atoms with Gasteiger partial charge in [-0.3, -0.25) is 4.79 Å². The van der Waals surface area contributed by atoms with Crippen LogP contribution >= 0.6 is 11.7 Å². The van der Waals surface area contributed by atoms with E-state index in [-0.39, 0.29) is 30.9 Å². The lowest BCUT2D eigenvalue weighted by atomic mass is 9.66. The summed E-state index contributed by atoms with van der Waals surface area (Å²) in [6.45, 7) is 12.4. The second kappa shape index (κ2) is 7.76. The lowest BCUT2D eigenvalue weighted by Gasteiger charge is -2.34. The van der Waals surface area contributed by atoms with Gasteiger partial charge < -0.3 is 18.8 Å². The highest BCUT2D eigenvalue weighted by molar-refractivity contribution is 6.99. The molecular formula is C19H29BN2O5S. The molecule has 2 aliphatic rings. The zero-order chi connectivity index (χ0) is 20.6. The largest absolute Gasteiger partial charge is 0.490 e. The van der Waals surface area contributed by atoms with Gasteiger partial charge in [0.1, 0.15) is 17.7 Å². The van der Waals surface area contributed by atoms with Crippen molar-refractivity contribution in [1.29, 1.82) is 0 Å². The predicted molar refractivity (Wildman–Crippen MR) is 107 cm³/mol. The summed E-state index contributed by atoms with van der Waals surface area (Å²) in [6.07, 6.45) is 3.87. The minimum absolute atomic E-state index is 0.214. The number of ether oxygens (including phenoxy) is 2. The summed E-state index contributed by atoms with van der Waals surface area (Å²) >= 11 is 1.10. The minimum Gasteiger partial charge on any atom is -0.475 e. The minimum atomic E-state index is -0.737. The number of carbonyl (C=O) groups is 1. The first-order chi connectivity index (χ1) is 13.1. The molecule has 0 saturated carbocycles. The molecule has 1 fully saturated rings. The summed E-state index contributed by atoms with van der Waals surface area (Å²) in [5.41, 5.74) is 0.302. The van der Waals surface area contributed by atoms with Crippen molar-refractivity contribution in [2.75, 3.05) is 13.2 Å². The van der Waals surface area contributed by atoms with Crippen LogP contribution in [0.5, 0.6) is 5.88 Å². The summed E-state index contributed by atoms with van der Waals surface area (Å²) in [7, 11) is -0.379. The molecule has 1 aromatic heterocycles. The first kappa shape index (κ1) is 21.3. The number of esters is 1. The first-order valence-corrected chi connectivity index (χ1v) is 10.5. The normalized spacial score (nSPS) is 26.1. The van der Waals surface area contributed by atoms with Crippen molar-refractivity contribution in [1.82, 2.24) is 8.75 Å². The van der Waals surface area contributed by atoms with E-state index in [1.807, 2.05) is 41.5 Å². The number of rotatable bonds is 6. The maximum Gasteiger partial charge on any atom is 0.490 e. The lowest BCUT2D eigenvalue weighted by Crippen LogP contribution is -2.41. The van der Waals surface area contributed by atoms with Crippen LogP contribution in [0.1, 0.15) is 59.6 Å². The molecule has 7 nitrogen and oxygen atoms in total. The summed E-state index contributed by atoms with van der Waals surface area (Å²) in [6, 6.07) is 0. The smallest absolute Gasteiger partial charge is 0.475 e. The molecule has 154 valence electrons. The van der Waals surface area contributed by atoms with Gasteiger partial charge in [-0.15, -0.1) is 4.37 Å². The number of hydrogen-bond acceptors (Lipinski definition) is 8. The van der Waals surface area contributed by atoms with E-state index in [4.69, 9.17) is 18.8 Å². The molecule has 0 aromatic carbocycles. The molecule has 0 N–H and O–H groups in total. The summed E-state index contributed by atoms with van der Waals surface area (Å²) in [5, 5.41) is 0. The van der Waals surface area contributed by atoms with Gasteiger partial charge in [-0.25, -0.2) is 0 Å². The number of allylic oxidation sites excluding steroid dienone is 2. The van der Waals surface area contributed by atoms with Gasteiger partial charge in [0, 0.05) is 0 Å². The maximum absolute atomic E-state index is 12.8. The molecule has 2 heterocycles. The van der Waals surface area contributed by atoms with Crippen LogP contribution < -0.4 is 4.74 Å². The van der Waals surface area contributed by atoms with E-state index in [2.05, 4.69) is 14.8 Å². The topological polar surface area (TPSA) is 79.8 Å². The zero-order valence-corrected chi connectivity index (χ0v) is 18.4. The van der Waals surface area contributed by atoms with Gasteiger partial charge in [0.2, 0.25) is 5.88 Å². The van der Waals surface area contributed by atoms with Crippen molar-refractivity contribution >= 4 is 24.8 Å². The molecule has 0 bridgehead atoms. The van der Waals surface area contributed by atoms with Crippen LogP contribution in [0.2, 0.25) is 0 Å². The Kier molecular flexibility index (Phi) is 5.90. The first-order valence-electron chi connectivity index (χ1n) is 9.74. The molecule has 1 aliphatic heterocycles. The van der Waals surface area contributed by atoms with Gasteiger partial charge in [0.05, 0.1) is 29.5 Å². The van der Waals surface area contributed by atoms with Crippen molar-refractivity contribution in [2.45, 2.75) is 72.0 Å². The highest BCUT2D eigenvalue weighted by Crippen LogP contribution is 2.43. The molecule has 0 spiro atoms. The summed E-state index contributed by atoms with van der Waals surface area (Å²) in [4.78, 5) is 12.8. The van der Waals surface area contributed by atoms with E-state index in [0.717, 1.165) is 22.9 Å². The fraction of sp³-hybridized carbons (Fsp3) is 0.737. The summed E-state index contributed by atoms with van der Waals surface area (Å²) in [5.74, 6) is 0.245. The summed E-state index contributed by atoms with van der Waals surface area (Å²) < 4.78 is 31.8. The molecule has 0 radical (unpaired) electrons. The number of nitrogens with zero attached hydrogens (tertiary/aromatic N) is 2. The Bertz CT molecular complexity index is 747. The number of carbonyl (C=O) groups excluding carboxylic acids is 1. The van der Waals surface area contributed by atoms with Crippen LogP contribution in [0.4, 0.5) is 0 Å². The molecule has 3 rings (SSSR count). The third kappa shape index (κ3) is 3.97. The van der Waals surface area contributed by atoms with Gasteiger partial charge in [0.15, 0.2) is 0 Å². The molecule has 28 heavy (non-hydrogen) atoms. The molecule has 1 aliphatic carbocycles. The predicted octanol–water partition coefficient (Wildman–Crippen LogP) is 3.52. The van der Waals surface area contributed by atoms with E-state index in [9.17, 15) is 4.79 Å². The van der Waals surface area contributed by atoms with Crippen molar-refractivity contribution < 1.29 is 23.6 Å². The zero-order valence-electron chi connectivity index (χ0n) is 17.5. The maximum atomic E-state index is 12.8. The molecule has 1 aromatic rings. The Hall–Kier alpha value is -1.45. The highest BCUT2D eigenvalue weighted by atomic mass is 32.1. The van der Waals surface area contributed by atoms with Gasteiger partial charge in [-0.1, -0.05) is 6.08 Å². The monoisotopic (exact) mass is 408 g/mol. The molecule has 9 heteroatoms. The van der Waals surface area contributed by atoms with Crippen LogP contribution in [0.15, 0.2) is 11.5 Å². The van der Waals surface area contributed by atoms with Crippen LogP contribution in [0.25, 0.3) is 0 Å². The van der Waals surface area contributed by atoms with E-state index in [0.29, 0.717) is 31.7 Å². The molecule has 0 amide bonds. The fourth-order valence-corrected chi connectivity index (χ4v) is 3.84. The molecule has 1 saturated heterocycles. The quantitative estimate of drug-likeness (QED) is 0.526. The Morgan fingerprint density at radius 1 is 1.25 bits per heavy atom. The standard InChI is InChI=1S/C19H29BN2O5S/c1-7-24-16(23)19(12-25-15-13(2)21-28-22-15)10-8-14(9-11-19)20-26-17(3,4)18(5,6)27-20/h8H,7,9-12H2,1-6H3. The SMILES string of the molecule is CCOC(=O)C1(COc2nsnc2C)CC=C(B2OC(C)(C)C(C)(C)O2)CC1. The lowest BCUT2D eigenvalue weighted by molar-refractivity contribution is -0.158. The van der Waals surface area contributed by atoms with Gasteiger partial charge in [-0.2, -0.15) is 4.37 Å². The van der Waals surface area contributed by atoms with Crippen LogP contribution in [-0.2, 0) is 18.8 Å². The molecule has 1 atom stereocenters. The van der Waals surface area contributed by atoms with Crippen molar-refractivity contribution in [3.05, 3.63) is 17.2 Å².